The van der Waals surface area contributed by atoms with Crippen LogP contribution in [0.25, 0.3) is 0 Å². The molecule has 0 aliphatic rings. The maximum atomic E-state index is 8.36. The van der Waals surface area contributed by atoms with Gasteiger partial charge in [0.25, 0.3) is 6.47 Å². The molecular formula is C22H47NO2. The second kappa shape index (κ2) is 25.7. The number of rotatable bonds is 18. The lowest BCUT2D eigenvalue weighted by Crippen LogP contribution is -2.20. The van der Waals surface area contributed by atoms with Gasteiger partial charge in [-0.1, -0.05) is 104 Å². The van der Waals surface area contributed by atoms with E-state index in [1.54, 1.807) is 0 Å². The Bertz CT molecular complexity index is 214. The summed E-state index contributed by atoms with van der Waals surface area (Å²) in [6.45, 7) is 6.96. The average Bonchev–Trinajstić information content (AvgIpc) is 2.60. The molecule has 0 aliphatic heterocycles. The summed E-state index contributed by atoms with van der Waals surface area (Å²) in [6, 6.07) is 0. The van der Waals surface area contributed by atoms with Crippen LogP contribution in [0, 0.1) is 0 Å². The van der Waals surface area contributed by atoms with Gasteiger partial charge in [-0.05, 0) is 33.0 Å². The van der Waals surface area contributed by atoms with Crippen LogP contribution in [0.5, 0.6) is 0 Å². The highest BCUT2D eigenvalue weighted by Gasteiger charge is 1.99. The Kier molecular flexibility index (Phi) is 27.4. The normalized spacial score (nSPS) is 10.6. The fraction of sp³-hybridized carbons (Fsp3) is 0.955. The minimum atomic E-state index is -0.250. The summed E-state index contributed by atoms with van der Waals surface area (Å²) in [6.07, 6.45) is 22.9. The third kappa shape index (κ3) is 28.5. The first kappa shape index (κ1) is 26.7. The first-order chi connectivity index (χ1) is 12.2. The number of nitrogens with zero attached hydrogens (tertiary/aromatic N) is 1. The van der Waals surface area contributed by atoms with Crippen molar-refractivity contribution in [1.82, 2.24) is 4.90 Å². The van der Waals surface area contributed by atoms with Crippen LogP contribution >= 0.6 is 0 Å². The van der Waals surface area contributed by atoms with E-state index in [1.807, 2.05) is 0 Å². The molecule has 0 saturated heterocycles. The Balaban J connectivity index is 0. The second-order valence-corrected chi connectivity index (χ2v) is 7.36. The van der Waals surface area contributed by atoms with Gasteiger partial charge in [0.05, 0.1) is 0 Å². The molecule has 1 N–H and O–H groups in total. The van der Waals surface area contributed by atoms with Crippen molar-refractivity contribution in [2.75, 3.05) is 20.1 Å². The molecule has 3 nitrogen and oxygen atoms in total. The number of carbonyl (C=O) groups is 1. The quantitative estimate of drug-likeness (QED) is 0.214. The zero-order valence-corrected chi connectivity index (χ0v) is 17.6. The lowest BCUT2D eigenvalue weighted by Gasteiger charge is -2.16. The van der Waals surface area contributed by atoms with Gasteiger partial charge in [-0.15, -0.1) is 0 Å². The van der Waals surface area contributed by atoms with Crippen molar-refractivity contribution in [3.05, 3.63) is 0 Å². The van der Waals surface area contributed by atoms with E-state index in [4.69, 9.17) is 9.90 Å². The maximum Gasteiger partial charge on any atom is 0.290 e. The third-order valence-corrected chi connectivity index (χ3v) is 4.79. The van der Waals surface area contributed by atoms with Gasteiger partial charge >= 0.3 is 0 Å². The number of hydrogen-bond acceptors (Lipinski definition) is 2. The van der Waals surface area contributed by atoms with E-state index >= 15 is 0 Å². The van der Waals surface area contributed by atoms with E-state index in [9.17, 15) is 0 Å². The highest BCUT2D eigenvalue weighted by molar-refractivity contribution is 5.32. The zero-order valence-electron chi connectivity index (χ0n) is 17.6. The van der Waals surface area contributed by atoms with Crippen LogP contribution in [-0.2, 0) is 4.79 Å². The smallest absolute Gasteiger partial charge is 0.290 e. The van der Waals surface area contributed by atoms with E-state index in [-0.39, 0.29) is 6.47 Å². The van der Waals surface area contributed by atoms with E-state index in [2.05, 4.69) is 25.8 Å². The lowest BCUT2D eigenvalue weighted by molar-refractivity contribution is -0.122. The predicted octanol–water partition coefficient (Wildman–Crippen LogP) is 6.90. The van der Waals surface area contributed by atoms with Gasteiger partial charge in [0.2, 0.25) is 0 Å². The molecule has 0 heterocycles. The molecule has 0 aromatic heterocycles. The standard InChI is InChI=1S/C21H45N.CH2O2/c1-4-6-8-10-12-14-16-18-20-22(3)21-19-17-15-13-11-9-7-5-2;2-1-3/h4-21H2,1-3H3;1H,(H,2,3). The van der Waals surface area contributed by atoms with Gasteiger partial charge in [0.15, 0.2) is 0 Å². The van der Waals surface area contributed by atoms with Crippen LogP contribution < -0.4 is 0 Å². The molecule has 25 heavy (non-hydrogen) atoms. The van der Waals surface area contributed by atoms with E-state index in [0.29, 0.717) is 0 Å². The van der Waals surface area contributed by atoms with Gasteiger partial charge in [-0.25, -0.2) is 0 Å². The summed E-state index contributed by atoms with van der Waals surface area (Å²) in [7, 11) is 2.31. The van der Waals surface area contributed by atoms with Crippen molar-refractivity contribution in [1.29, 1.82) is 0 Å². The molecule has 0 amide bonds. The number of unbranched alkanes of at least 4 members (excludes halogenated alkanes) is 14. The van der Waals surface area contributed by atoms with Crippen molar-refractivity contribution in [2.45, 2.75) is 117 Å². The van der Waals surface area contributed by atoms with Gasteiger partial charge in [0, 0.05) is 0 Å². The summed E-state index contributed by atoms with van der Waals surface area (Å²) < 4.78 is 0. The van der Waals surface area contributed by atoms with Gasteiger partial charge in [0.1, 0.15) is 0 Å². The summed E-state index contributed by atoms with van der Waals surface area (Å²) in [5.41, 5.74) is 0. The molecule has 0 aromatic carbocycles. The Hall–Kier alpha value is -0.570. The molecule has 0 aliphatic carbocycles. The molecule has 0 spiro atoms. The average molecular weight is 358 g/mol. The molecule has 0 aromatic rings. The molecule has 152 valence electrons. The first-order valence-corrected chi connectivity index (χ1v) is 11.0. The monoisotopic (exact) mass is 357 g/mol. The van der Waals surface area contributed by atoms with Crippen LogP contribution in [0.4, 0.5) is 0 Å². The summed E-state index contributed by atoms with van der Waals surface area (Å²) in [5.74, 6) is 0. The van der Waals surface area contributed by atoms with Crippen LogP contribution in [-0.4, -0.2) is 36.6 Å². The molecule has 3 heteroatoms. The topological polar surface area (TPSA) is 40.5 Å². The van der Waals surface area contributed by atoms with Crippen LogP contribution in [0.3, 0.4) is 0 Å². The van der Waals surface area contributed by atoms with Gasteiger partial charge in [-0.3, -0.25) is 4.79 Å². The first-order valence-electron chi connectivity index (χ1n) is 11.0. The molecule has 0 radical (unpaired) electrons. The Morgan fingerprint density at radius 2 is 0.840 bits per heavy atom. The fourth-order valence-corrected chi connectivity index (χ4v) is 3.14. The minimum absolute atomic E-state index is 0.250. The summed E-state index contributed by atoms with van der Waals surface area (Å²) >= 11 is 0. The third-order valence-electron chi connectivity index (χ3n) is 4.79. The lowest BCUT2D eigenvalue weighted by atomic mass is 10.1. The highest BCUT2D eigenvalue weighted by atomic mass is 16.3. The SMILES string of the molecule is CCCCCCCCCCN(C)CCCCCCCCCC.O=CO. The van der Waals surface area contributed by atoms with Gasteiger partial charge in [-0.2, -0.15) is 0 Å². The van der Waals surface area contributed by atoms with Crippen molar-refractivity contribution >= 4 is 6.47 Å². The fourth-order valence-electron chi connectivity index (χ4n) is 3.14. The molecule has 0 unspecified atom stereocenters. The Morgan fingerprint density at radius 3 is 1.12 bits per heavy atom. The summed E-state index contributed by atoms with van der Waals surface area (Å²) in [5, 5.41) is 6.89. The van der Waals surface area contributed by atoms with Crippen LogP contribution in [0.15, 0.2) is 0 Å². The van der Waals surface area contributed by atoms with Crippen molar-refractivity contribution < 1.29 is 9.90 Å². The number of carboxylic acid groups (broad SMARTS) is 1. The van der Waals surface area contributed by atoms with Gasteiger partial charge < -0.3 is 10.0 Å². The molecule has 0 rings (SSSR count). The van der Waals surface area contributed by atoms with E-state index in [1.165, 1.54) is 116 Å². The van der Waals surface area contributed by atoms with E-state index in [0.717, 1.165) is 0 Å². The van der Waals surface area contributed by atoms with Crippen molar-refractivity contribution in [3.63, 3.8) is 0 Å². The zero-order chi connectivity index (χ0) is 19.0. The molecule has 0 fully saturated rings. The highest BCUT2D eigenvalue weighted by Crippen LogP contribution is 2.10. The molecular weight excluding hydrogens is 310 g/mol. The molecule has 0 saturated carbocycles. The largest absolute Gasteiger partial charge is 0.483 e. The molecule has 0 bridgehead atoms. The van der Waals surface area contributed by atoms with Crippen LogP contribution in [0.1, 0.15) is 117 Å². The minimum Gasteiger partial charge on any atom is -0.483 e. The Morgan fingerprint density at radius 1 is 0.600 bits per heavy atom. The van der Waals surface area contributed by atoms with Crippen LogP contribution in [0.2, 0.25) is 0 Å². The molecule has 0 atom stereocenters. The second-order valence-electron chi connectivity index (χ2n) is 7.36. The van der Waals surface area contributed by atoms with E-state index < -0.39 is 0 Å². The summed E-state index contributed by atoms with van der Waals surface area (Å²) in [4.78, 5) is 10.9. The maximum absolute atomic E-state index is 8.36. The van der Waals surface area contributed by atoms with Crippen molar-refractivity contribution in [3.8, 4) is 0 Å². The van der Waals surface area contributed by atoms with Crippen molar-refractivity contribution in [2.24, 2.45) is 0 Å². The number of hydrogen-bond donors (Lipinski definition) is 1. The Labute approximate surface area is 158 Å². The predicted molar refractivity (Wildman–Crippen MR) is 111 cm³/mol.